The lowest BCUT2D eigenvalue weighted by Gasteiger charge is -2.42. The first-order valence-electron chi connectivity index (χ1n) is 8.06. The van der Waals surface area contributed by atoms with Crippen molar-refractivity contribution in [3.63, 3.8) is 0 Å². The second kappa shape index (κ2) is 6.15. The first-order chi connectivity index (χ1) is 9.43. The number of nitrogens with one attached hydrogen (secondary N) is 1. The first-order valence-corrected chi connectivity index (χ1v) is 8.06. The Balaban J connectivity index is 2.12. The van der Waals surface area contributed by atoms with Gasteiger partial charge in [0.1, 0.15) is 12.1 Å². The van der Waals surface area contributed by atoms with Crippen LogP contribution in [0.15, 0.2) is 0 Å². The molecule has 0 spiro atoms. The van der Waals surface area contributed by atoms with E-state index in [1.54, 1.807) is 0 Å². The highest BCUT2D eigenvalue weighted by atomic mass is 16.2. The fourth-order valence-electron chi connectivity index (χ4n) is 3.28. The highest BCUT2D eigenvalue weighted by molar-refractivity contribution is 5.97. The van der Waals surface area contributed by atoms with Crippen molar-refractivity contribution in [2.75, 3.05) is 0 Å². The van der Waals surface area contributed by atoms with Crippen molar-refractivity contribution in [2.45, 2.75) is 77.9 Å². The molecule has 4 nitrogen and oxygen atoms in total. The maximum atomic E-state index is 12.7. The summed E-state index contributed by atoms with van der Waals surface area (Å²) in [5, 5.41) is 2.92. The number of hydrogen-bond donors (Lipinski definition) is 1. The van der Waals surface area contributed by atoms with Gasteiger partial charge in [0.05, 0.1) is 0 Å². The van der Waals surface area contributed by atoms with E-state index in [9.17, 15) is 9.59 Å². The molecular weight excluding hydrogens is 252 g/mol. The SMILES string of the molecule is CCC1C(=O)NC(CC(C)C)C(=O)N1C(C)CC1CC1. The lowest BCUT2D eigenvalue weighted by molar-refractivity contribution is -0.152. The van der Waals surface area contributed by atoms with Gasteiger partial charge < -0.3 is 10.2 Å². The van der Waals surface area contributed by atoms with E-state index in [0.29, 0.717) is 12.3 Å². The average Bonchev–Trinajstić information content (AvgIpc) is 3.15. The third-order valence-corrected chi connectivity index (χ3v) is 4.45. The van der Waals surface area contributed by atoms with Gasteiger partial charge in [-0.1, -0.05) is 33.6 Å². The predicted octanol–water partition coefficient (Wildman–Crippen LogP) is 2.33. The standard InChI is InChI=1S/C16H28N2O2/c1-5-14-15(19)17-13(8-10(2)3)16(20)18(14)11(4)9-12-6-7-12/h10-14H,5-9H2,1-4H3,(H,17,19). The van der Waals surface area contributed by atoms with Crippen LogP contribution < -0.4 is 5.32 Å². The molecule has 3 atom stereocenters. The minimum atomic E-state index is -0.327. The minimum absolute atomic E-state index is 0.0281. The van der Waals surface area contributed by atoms with Crippen molar-refractivity contribution in [1.29, 1.82) is 0 Å². The third-order valence-electron chi connectivity index (χ3n) is 4.45. The summed E-state index contributed by atoms with van der Waals surface area (Å²) in [6, 6.07) is -0.424. The minimum Gasteiger partial charge on any atom is -0.342 e. The predicted molar refractivity (Wildman–Crippen MR) is 79.1 cm³/mol. The van der Waals surface area contributed by atoms with Crippen molar-refractivity contribution in [3.8, 4) is 0 Å². The van der Waals surface area contributed by atoms with Gasteiger partial charge in [-0.25, -0.2) is 0 Å². The van der Waals surface area contributed by atoms with Crippen LogP contribution in [0.1, 0.15) is 59.8 Å². The summed E-state index contributed by atoms with van der Waals surface area (Å²) in [5.41, 5.74) is 0. The van der Waals surface area contributed by atoms with E-state index in [0.717, 1.165) is 18.8 Å². The zero-order valence-electron chi connectivity index (χ0n) is 13.2. The molecule has 0 bridgehead atoms. The van der Waals surface area contributed by atoms with E-state index in [1.165, 1.54) is 12.8 Å². The third kappa shape index (κ3) is 3.33. The molecule has 0 radical (unpaired) electrons. The van der Waals surface area contributed by atoms with Gasteiger partial charge in [0.25, 0.3) is 0 Å². The molecule has 0 aromatic carbocycles. The number of hydrogen-bond acceptors (Lipinski definition) is 2. The monoisotopic (exact) mass is 280 g/mol. The fourth-order valence-corrected chi connectivity index (χ4v) is 3.28. The summed E-state index contributed by atoms with van der Waals surface area (Å²) in [6.07, 6.45) is 5.04. The van der Waals surface area contributed by atoms with Crippen LogP contribution >= 0.6 is 0 Å². The smallest absolute Gasteiger partial charge is 0.246 e. The molecule has 2 amide bonds. The van der Waals surface area contributed by atoms with Gasteiger partial charge in [0.15, 0.2) is 0 Å². The Morgan fingerprint density at radius 3 is 2.35 bits per heavy atom. The number of rotatable bonds is 6. The molecule has 0 aromatic heterocycles. The molecule has 1 heterocycles. The van der Waals surface area contributed by atoms with E-state index < -0.39 is 0 Å². The molecule has 114 valence electrons. The van der Waals surface area contributed by atoms with Crippen LogP contribution in [-0.4, -0.2) is 34.8 Å². The van der Waals surface area contributed by atoms with Crippen LogP contribution in [0.3, 0.4) is 0 Å². The molecule has 1 N–H and O–H groups in total. The largest absolute Gasteiger partial charge is 0.342 e. The maximum Gasteiger partial charge on any atom is 0.246 e. The van der Waals surface area contributed by atoms with E-state index in [1.807, 2.05) is 11.8 Å². The summed E-state index contributed by atoms with van der Waals surface area (Å²) in [5.74, 6) is 1.32. The normalized spacial score (nSPS) is 28.8. The summed E-state index contributed by atoms with van der Waals surface area (Å²) < 4.78 is 0. The molecule has 20 heavy (non-hydrogen) atoms. The number of carbonyl (C=O) groups is 2. The van der Waals surface area contributed by atoms with Crippen molar-refractivity contribution in [1.82, 2.24) is 10.2 Å². The van der Waals surface area contributed by atoms with E-state index in [2.05, 4.69) is 26.1 Å². The summed E-state index contributed by atoms with van der Waals surface area (Å²) >= 11 is 0. The molecule has 3 unspecified atom stereocenters. The average molecular weight is 280 g/mol. The molecule has 1 aliphatic heterocycles. The topological polar surface area (TPSA) is 49.4 Å². The van der Waals surface area contributed by atoms with Gasteiger partial charge in [-0.15, -0.1) is 0 Å². The number of carbonyl (C=O) groups excluding carboxylic acids is 2. The molecule has 2 fully saturated rings. The summed E-state index contributed by atoms with van der Waals surface area (Å²) in [7, 11) is 0. The first kappa shape index (κ1) is 15.3. The Hall–Kier alpha value is -1.06. The maximum absolute atomic E-state index is 12.7. The molecule has 0 aromatic rings. The Labute approximate surface area is 122 Å². The summed E-state index contributed by atoms with van der Waals surface area (Å²) in [4.78, 5) is 26.9. The van der Waals surface area contributed by atoms with Crippen LogP contribution in [0.25, 0.3) is 0 Å². The molecule has 4 heteroatoms. The van der Waals surface area contributed by atoms with Gasteiger partial charge in [0, 0.05) is 6.04 Å². The Morgan fingerprint density at radius 2 is 1.85 bits per heavy atom. The molecule has 2 rings (SSSR count). The zero-order valence-corrected chi connectivity index (χ0v) is 13.2. The lowest BCUT2D eigenvalue weighted by Crippen LogP contribution is -2.65. The van der Waals surface area contributed by atoms with Crippen molar-refractivity contribution in [3.05, 3.63) is 0 Å². The van der Waals surface area contributed by atoms with Crippen LogP contribution in [0, 0.1) is 11.8 Å². The Kier molecular flexibility index (Phi) is 4.71. The van der Waals surface area contributed by atoms with Crippen molar-refractivity contribution >= 4 is 11.8 Å². The van der Waals surface area contributed by atoms with E-state index in [4.69, 9.17) is 0 Å². The van der Waals surface area contributed by atoms with Gasteiger partial charge in [0.2, 0.25) is 11.8 Å². The van der Waals surface area contributed by atoms with Crippen LogP contribution in [0.4, 0.5) is 0 Å². The summed E-state index contributed by atoms with van der Waals surface area (Å²) in [6.45, 7) is 8.26. The van der Waals surface area contributed by atoms with Crippen molar-refractivity contribution in [2.24, 2.45) is 11.8 Å². The quantitative estimate of drug-likeness (QED) is 0.812. The molecular formula is C16H28N2O2. The Morgan fingerprint density at radius 1 is 1.20 bits per heavy atom. The second-order valence-electron chi connectivity index (χ2n) is 6.89. The number of nitrogens with zero attached hydrogens (tertiary/aromatic N) is 1. The van der Waals surface area contributed by atoms with Crippen LogP contribution in [-0.2, 0) is 9.59 Å². The molecule has 1 aliphatic carbocycles. The lowest BCUT2D eigenvalue weighted by atomic mass is 9.95. The number of piperazine rings is 1. The number of amides is 2. The fraction of sp³-hybridized carbons (Fsp3) is 0.875. The highest BCUT2D eigenvalue weighted by Crippen LogP contribution is 2.35. The van der Waals surface area contributed by atoms with Gasteiger partial charge in [-0.2, -0.15) is 0 Å². The van der Waals surface area contributed by atoms with Crippen LogP contribution in [0.2, 0.25) is 0 Å². The zero-order chi connectivity index (χ0) is 14.9. The van der Waals surface area contributed by atoms with E-state index >= 15 is 0 Å². The molecule has 1 saturated carbocycles. The highest BCUT2D eigenvalue weighted by Gasteiger charge is 2.42. The Bertz CT molecular complexity index is 377. The molecule has 1 saturated heterocycles. The second-order valence-corrected chi connectivity index (χ2v) is 6.89. The van der Waals surface area contributed by atoms with E-state index in [-0.39, 0.29) is 29.9 Å². The van der Waals surface area contributed by atoms with Gasteiger partial charge >= 0.3 is 0 Å². The van der Waals surface area contributed by atoms with Crippen molar-refractivity contribution < 1.29 is 9.59 Å². The van der Waals surface area contributed by atoms with Gasteiger partial charge in [-0.3, -0.25) is 9.59 Å². The van der Waals surface area contributed by atoms with Crippen LogP contribution in [0.5, 0.6) is 0 Å². The molecule has 2 aliphatic rings. The van der Waals surface area contributed by atoms with Gasteiger partial charge in [-0.05, 0) is 38.0 Å².